The van der Waals surface area contributed by atoms with E-state index in [1.54, 1.807) is 20.8 Å². The molecule has 1 unspecified atom stereocenters. The van der Waals surface area contributed by atoms with Gasteiger partial charge in [-0.05, 0) is 39.7 Å². The molecule has 0 aromatic heterocycles. The van der Waals surface area contributed by atoms with Crippen molar-refractivity contribution in [3.63, 3.8) is 0 Å². The summed E-state index contributed by atoms with van der Waals surface area (Å²) in [4.78, 5) is 23.5. The maximum absolute atomic E-state index is 11.8. The molecule has 1 aromatic carbocycles. The Balaban J connectivity index is 2.40. The zero-order valence-electron chi connectivity index (χ0n) is 13.6. The molecule has 0 bridgehead atoms. The van der Waals surface area contributed by atoms with E-state index in [4.69, 9.17) is 9.47 Å². The standard InChI is InChI=1S/C17H24O5/c1-16(2,3)22-15(19)17(4,20)11-10-14(18)21-12-13-8-6-5-7-9-13/h5-9,20H,10-12H2,1-4H3. The summed E-state index contributed by atoms with van der Waals surface area (Å²) in [6, 6.07) is 9.30. The minimum atomic E-state index is -1.71. The minimum Gasteiger partial charge on any atom is -0.461 e. The van der Waals surface area contributed by atoms with E-state index in [1.807, 2.05) is 30.3 Å². The smallest absolute Gasteiger partial charge is 0.338 e. The monoisotopic (exact) mass is 308 g/mol. The van der Waals surface area contributed by atoms with Crippen LogP contribution < -0.4 is 0 Å². The van der Waals surface area contributed by atoms with Crippen LogP contribution in [0.15, 0.2) is 30.3 Å². The van der Waals surface area contributed by atoms with Gasteiger partial charge in [0, 0.05) is 6.42 Å². The largest absolute Gasteiger partial charge is 0.461 e. The topological polar surface area (TPSA) is 72.8 Å². The molecule has 122 valence electrons. The molecule has 5 nitrogen and oxygen atoms in total. The van der Waals surface area contributed by atoms with Gasteiger partial charge in [0.15, 0.2) is 5.60 Å². The Morgan fingerprint density at radius 3 is 2.23 bits per heavy atom. The van der Waals surface area contributed by atoms with Crippen molar-refractivity contribution in [2.75, 3.05) is 0 Å². The van der Waals surface area contributed by atoms with Gasteiger partial charge in [0.2, 0.25) is 0 Å². The number of hydrogen-bond donors (Lipinski definition) is 1. The van der Waals surface area contributed by atoms with Crippen molar-refractivity contribution in [2.45, 2.75) is 58.3 Å². The zero-order chi connectivity index (χ0) is 16.8. The number of carbonyl (C=O) groups excluding carboxylic acids is 2. The fraction of sp³-hybridized carbons (Fsp3) is 0.529. The highest BCUT2D eigenvalue weighted by Crippen LogP contribution is 2.19. The Morgan fingerprint density at radius 2 is 1.68 bits per heavy atom. The fourth-order valence-corrected chi connectivity index (χ4v) is 1.65. The highest BCUT2D eigenvalue weighted by molar-refractivity contribution is 5.80. The molecule has 0 aliphatic heterocycles. The summed E-state index contributed by atoms with van der Waals surface area (Å²) < 4.78 is 10.2. The molecule has 0 saturated heterocycles. The van der Waals surface area contributed by atoms with Crippen LogP contribution in [0.5, 0.6) is 0 Å². The first kappa shape index (κ1) is 18.2. The van der Waals surface area contributed by atoms with Crippen molar-refractivity contribution in [1.29, 1.82) is 0 Å². The van der Waals surface area contributed by atoms with Crippen LogP contribution in [0.25, 0.3) is 0 Å². The van der Waals surface area contributed by atoms with Crippen LogP contribution in [0.2, 0.25) is 0 Å². The van der Waals surface area contributed by atoms with Gasteiger partial charge in [0.25, 0.3) is 0 Å². The van der Waals surface area contributed by atoms with Gasteiger partial charge < -0.3 is 14.6 Å². The Bertz CT molecular complexity index is 500. The van der Waals surface area contributed by atoms with Gasteiger partial charge in [-0.15, -0.1) is 0 Å². The van der Waals surface area contributed by atoms with E-state index in [0.717, 1.165) is 5.56 Å². The normalized spacial score (nSPS) is 14.0. The molecule has 0 saturated carbocycles. The summed E-state index contributed by atoms with van der Waals surface area (Å²) in [6.45, 7) is 6.67. The van der Waals surface area contributed by atoms with Crippen molar-refractivity contribution >= 4 is 11.9 Å². The third-order valence-electron chi connectivity index (χ3n) is 2.90. The minimum absolute atomic E-state index is 0.0461. The lowest BCUT2D eigenvalue weighted by Gasteiger charge is -2.27. The van der Waals surface area contributed by atoms with Crippen LogP contribution in [0.3, 0.4) is 0 Å². The maximum Gasteiger partial charge on any atom is 0.338 e. The molecule has 1 aromatic rings. The lowest BCUT2D eigenvalue weighted by molar-refractivity contribution is -0.176. The lowest BCUT2D eigenvalue weighted by atomic mass is 10.00. The summed E-state index contributed by atoms with van der Waals surface area (Å²) in [6.07, 6.45) is -0.103. The first-order valence-electron chi connectivity index (χ1n) is 7.25. The van der Waals surface area contributed by atoms with Crippen LogP contribution in [0.4, 0.5) is 0 Å². The number of carbonyl (C=O) groups is 2. The third kappa shape index (κ3) is 6.72. The number of ether oxygens (including phenoxy) is 2. The highest BCUT2D eigenvalue weighted by atomic mass is 16.6. The molecule has 0 amide bonds. The van der Waals surface area contributed by atoms with E-state index >= 15 is 0 Å². The van der Waals surface area contributed by atoms with E-state index in [2.05, 4.69) is 0 Å². The van der Waals surface area contributed by atoms with E-state index in [0.29, 0.717) is 0 Å². The molecule has 1 atom stereocenters. The number of rotatable bonds is 6. The molecule has 22 heavy (non-hydrogen) atoms. The molecule has 1 N–H and O–H groups in total. The van der Waals surface area contributed by atoms with Crippen molar-refractivity contribution < 1.29 is 24.2 Å². The summed E-state index contributed by atoms with van der Waals surface area (Å²) >= 11 is 0. The second-order valence-electron chi connectivity index (χ2n) is 6.42. The van der Waals surface area contributed by atoms with E-state index in [9.17, 15) is 14.7 Å². The van der Waals surface area contributed by atoms with Crippen molar-refractivity contribution in [1.82, 2.24) is 0 Å². The fourth-order valence-electron chi connectivity index (χ4n) is 1.65. The number of hydrogen-bond acceptors (Lipinski definition) is 5. The third-order valence-corrected chi connectivity index (χ3v) is 2.90. The van der Waals surface area contributed by atoms with Gasteiger partial charge in [-0.3, -0.25) is 4.79 Å². The highest BCUT2D eigenvalue weighted by Gasteiger charge is 2.35. The van der Waals surface area contributed by atoms with Crippen LogP contribution >= 0.6 is 0 Å². The Hall–Kier alpha value is -1.88. The van der Waals surface area contributed by atoms with Gasteiger partial charge in [0.05, 0.1) is 0 Å². The molecular weight excluding hydrogens is 284 g/mol. The first-order chi connectivity index (χ1) is 10.1. The molecular formula is C17H24O5. The first-order valence-corrected chi connectivity index (χ1v) is 7.25. The quantitative estimate of drug-likeness (QED) is 0.818. The second-order valence-corrected chi connectivity index (χ2v) is 6.42. The molecule has 5 heteroatoms. The number of benzene rings is 1. The summed E-state index contributed by atoms with van der Waals surface area (Å²) in [7, 11) is 0. The Labute approximate surface area is 131 Å². The van der Waals surface area contributed by atoms with E-state index < -0.39 is 23.1 Å². The molecule has 0 aliphatic rings. The van der Waals surface area contributed by atoms with Crippen LogP contribution in [0.1, 0.15) is 46.1 Å². The zero-order valence-corrected chi connectivity index (χ0v) is 13.6. The van der Waals surface area contributed by atoms with Gasteiger partial charge >= 0.3 is 11.9 Å². The Morgan fingerprint density at radius 1 is 1.09 bits per heavy atom. The summed E-state index contributed by atoms with van der Waals surface area (Å²) in [5.41, 5.74) is -1.51. The average Bonchev–Trinajstić information content (AvgIpc) is 2.42. The number of esters is 2. The van der Waals surface area contributed by atoms with Crippen LogP contribution in [0, 0.1) is 0 Å². The molecule has 0 heterocycles. The van der Waals surface area contributed by atoms with Gasteiger partial charge in [-0.1, -0.05) is 30.3 Å². The van der Waals surface area contributed by atoms with Crippen molar-refractivity contribution in [3.05, 3.63) is 35.9 Å². The molecule has 0 aliphatic carbocycles. The molecule has 1 rings (SSSR count). The lowest BCUT2D eigenvalue weighted by Crippen LogP contribution is -2.41. The predicted molar refractivity (Wildman–Crippen MR) is 81.9 cm³/mol. The van der Waals surface area contributed by atoms with Crippen molar-refractivity contribution in [3.8, 4) is 0 Å². The van der Waals surface area contributed by atoms with Crippen LogP contribution in [-0.4, -0.2) is 28.2 Å². The SMILES string of the molecule is CC(C)(C)OC(=O)C(C)(O)CCC(=O)OCc1ccccc1. The van der Waals surface area contributed by atoms with E-state index in [-0.39, 0.29) is 19.4 Å². The van der Waals surface area contributed by atoms with E-state index in [1.165, 1.54) is 6.92 Å². The summed E-state index contributed by atoms with van der Waals surface area (Å²) in [5.74, 6) is -1.21. The second kappa shape index (κ2) is 7.40. The van der Waals surface area contributed by atoms with Gasteiger partial charge in [-0.25, -0.2) is 4.79 Å². The average molecular weight is 308 g/mol. The maximum atomic E-state index is 11.8. The predicted octanol–water partition coefficient (Wildman–Crippen LogP) is 2.60. The molecule has 0 fully saturated rings. The molecule has 0 spiro atoms. The Kier molecular flexibility index (Phi) is 6.11. The van der Waals surface area contributed by atoms with Gasteiger partial charge in [0.1, 0.15) is 12.2 Å². The number of aliphatic hydroxyl groups is 1. The van der Waals surface area contributed by atoms with Crippen LogP contribution in [-0.2, 0) is 25.7 Å². The molecule has 0 radical (unpaired) electrons. The van der Waals surface area contributed by atoms with Crippen molar-refractivity contribution in [2.24, 2.45) is 0 Å². The van der Waals surface area contributed by atoms with Gasteiger partial charge in [-0.2, -0.15) is 0 Å². The summed E-state index contributed by atoms with van der Waals surface area (Å²) in [5, 5.41) is 10.1.